The lowest BCUT2D eigenvalue weighted by Crippen LogP contribution is -2.25. The Morgan fingerprint density at radius 1 is 1.31 bits per heavy atom. The Morgan fingerprint density at radius 3 is 2.81 bits per heavy atom. The third kappa shape index (κ3) is 4.66. The second-order valence-corrected chi connectivity index (χ2v) is 8.53. The summed E-state index contributed by atoms with van der Waals surface area (Å²) in [6, 6.07) is 8.96. The molecule has 0 spiro atoms. The van der Waals surface area contributed by atoms with Gasteiger partial charge < -0.3 is 20.5 Å². The van der Waals surface area contributed by atoms with Gasteiger partial charge in [-0.1, -0.05) is 31.5 Å². The van der Waals surface area contributed by atoms with Crippen LogP contribution in [0.1, 0.15) is 19.5 Å². The van der Waals surface area contributed by atoms with Crippen molar-refractivity contribution >= 4 is 34.8 Å². The summed E-state index contributed by atoms with van der Waals surface area (Å²) < 4.78 is 1.56. The first kappa shape index (κ1) is 21.6. The first-order valence-corrected chi connectivity index (χ1v) is 10.2. The Balaban J connectivity index is 1.89. The molecule has 3 heterocycles. The quantitative estimate of drug-likeness (QED) is 0.296. The van der Waals surface area contributed by atoms with E-state index in [1.165, 1.54) is 0 Å². The molecule has 0 radical (unpaired) electrons. The number of fused-ring (bicyclic) bond motifs is 1. The Hall–Kier alpha value is -3.63. The average molecular weight is 456 g/mol. The van der Waals surface area contributed by atoms with Gasteiger partial charge in [-0.15, -0.1) is 0 Å². The summed E-state index contributed by atoms with van der Waals surface area (Å²) in [5.41, 5.74) is 0.998. The smallest absolute Gasteiger partial charge is 0.326 e. The average Bonchev–Trinajstić information content (AvgIpc) is 3.29. The predicted molar refractivity (Wildman–Crippen MR) is 121 cm³/mol. The number of aliphatic hydroxyl groups excluding tert-OH is 1. The van der Waals surface area contributed by atoms with Crippen LogP contribution in [-0.4, -0.2) is 47.9 Å². The van der Waals surface area contributed by atoms with E-state index in [1.54, 1.807) is 35.0 Å². The zero-order chi connectivity index (χ0) is 22.9. The number of nitrogens with one attached hydrogen (secondary N) is 3. The Morgan fingerprint density at radius 2 is 2.12 bits per heavy atom. The van der Waals surface area contributed by atoms with Crippen LogP contribution >= 0.6 is 11.6 Å². The van der Waals surface area contributed by atoms with Crippen molar-refractivity contribution in [3.63, 3.8) is 0 Å². The van der Waals surface area contributed by atoms with Crippen LogP contribution in [0.3, 0.4) is 0 Å². The van der Waals surface area contributed by atoms with Gasteiger partial charge in [0, 0.05) is 40.6 Å². The number of aliphatic hydroxyl groups is 1. The van der Waals surface area contributed by atoms with Crippen LogP contribution in [0.25, 0.3) is 11.7 Å². The third-order valence-electron chi connectivity index (χ3n) is 4.71. The van der Waals surface area contributed by atoms with Crippen LogP contribution in [0.2, 0.25) is 5.02 Å². The van der Waals surface area contributed by atoms with E-state index < -0.39 is 11.1 Å². The number of hydrogen-bond acceptors (Lipinski definition) is 7. The molecule has 0 unspecified atom stereocenters. The van der Waals surface area contributed by atoms with Gasteiger partial charge in [0.2, 0.25) is 5.88 Å². The maximum absolute atomic E-state index is 11.5. The molecule has 1 aromatic carbocycles. The normalized spacial score (nSPS) is 13.2. The van der Waals surface area contributed by atoms with Crippen molar-refractivity contribution in [2.24, 2.45) is 10.4 Å². The molecular weight excluding hydrogens is 434 g/mol. The number of nitrogens with zero attached hydrogens (tertiary/aromatic N) is 4. The van der Waals surface area contributed by atoms with Crippen LogP contribution in [-0.2, 0) is 0 Å². The number of aromatic nitrogens is 5. The largest absolute Gasteiger partial charge is 0.493 e. The van der Waals surface area contributed by atoms with Crippen molar-refractivity contribution in [2.75, 3.05) is 18.5 Å². The first-order chi connectivity index (χ1) is 15.2. The highest BCUT2D eigenvalue weighted by Crippen LogP contribution is 2.18. The van der Waals surface area contributed by atoms with Crippen molar-refractivity contribution in [3.8, 4) is 5.88 Å². The molecule has 32 heavy (non-hydrogen) atoms. The number of imidazole rings is 1. The van der Waals surface area contributed by atoms with Crippen LogP contribution < -0.4 is 21.7 Å². The summed E-state index contributed by atoms with van der Waals surface area (Å²) in [5.74, 6) is 0.222. The number of anilines is 2. The first-order valence-electron chi connectivity index (χ1n) is 9.80. The summed E-state index contributed by atoms with van der Waals surface area (Å²) in [5, 5.41) is 28.2. The molecule has 0 atom stereocenters. The second-order valence-electron chi connectivity index (χ2n) is 8.09. The fraction of sp³-hybridized carbons (Fsp3) is 0.238. The van der Waals surface area contributed by atoms with E-state index in [0.29, 0.717) is 33.7 Å². The maximum atomic E-state index is 11.5. The zero-order valence-corrected chi connectivity index (χ0v) is 18.2. The van der Waals surface area contributed by atoms with Crippen molar-refractivity contribution in [2.45, 2.75) is 13.8 Å². The van der Waals surface area contributed by atoms with E-state index in [2.05, 4.69) is 30.4 Å². The van der Waals surface area contributed by atoms with Crippen molar-refractivity contribution in [3.05, 3.63) is 68.4 Å². The fourth-order valence-electron chi connectivity index (χ4n) is 2.95. The Labute approximate surface area is 186 Å². The minimum absolute atomic E-state index is 0.0172. The van der Waals surface area contributed by atoms with Gasteiger partial charge in [-0.3, -0.25) is 9.98 Å². The molecule has 0 amide bonds. The Bertz CT molecular complexity index is 1450. The molecule has 0 aliphatic rings. The molecule has 0 saturated heterocycles. The van der Waals surface area contributed by atoms with Crippen molar-refractivity contribution in [1.82, 2.24) is 24.6 Å². The molecule has 4 aromatic rings. The van der Waals surface area contributed by atoms with E-state index in [4.69, 9.17) is 11.6 Å². The lowest BCUT2D eigenvalue weighted by Gasteiger charge is -2.18. The number of halogens is 1. The van der Waals surface area contributed by atoms with Gasteiger partial charge in [-0.2, -0.15) is 9.61 Å². The van der Waals surface area contributed by atoms with Crippen molar-refractivity contribution < 1.29 is 10.2 Å². The van der Waals surface area contributed by atoms with Crippen LogP contribution in [0.15, 0.2) is 46.3 Å². The predicted octanol–water partition coefficient (Wildman–Crippen LogP) is 1.32. The number of H-pyrrole nitrogens is 2. The van der Waals surface area contributed by atoms with Gasteiger partial charge >= 0.3 is 5.69 Å². The summed E-state index contributed by atoms with van der Waals surface area (Å²) in [6.07, 6.45) is 3.12. The van der Waals surface area contributed by atoms with E-state index in [1.807, 2.05) is 26.0 Å². The molecule has 0 fully saturated rings. The van der Waals surface area contributed by atoms with Crippen molar-refractivity contribution in [1.29, 1.82) is 0 Å². The highest BCUT2D eigenvalue weighted by atomic mass is 35.5. The molecule has 0 aliphatic carbocycles. The Kier molecular flexibility index (Phi) is 5.72. The molecule has 4 rings (SSSR count). The minimum atomic E-state index is -0.525. The topological polar surface area (TPSA) is 144 Å². The van der Waals surface area contributed by atoms with Crippen LogP contribution in [0.4, 0.5) is 11.5 Å². The SMILES string of the molecule is CC(C)(CO)CN=c1cc(Nc2cccc(Cl)c2)nc2/c(=C/c3[nH]c(=O)[nH]c3O)cnn12. The summed E-state index contributed by atoms with van der Waals surface area (Å²) in [4.78, 5) is 25.5. The fourth-order valence-corrected chi connectivity index (χ4v) is 3.14. The highest BCUT2D eigenvalue weighted by Gasteiger charge is 2.16. The summed E-state index contributed by atoms with van der Waals surface area (Å²) >= 11 is 6.09. The number of rotatable bonds is 6. The molecule has 0 aliphatic heterocycles. The van der Waals surface area contributed by atoms with E-state index in [-0.39, 0.29) is 18.2 Å². The minimum Gasteiger partial charge on any atom is -0.493 e. The van der Waals surface area contributed by atoms with Gasteiger partial charge in [-0.25, -0.2) is 9.78 Å². The monoisotopic (exact) mass is 455 g/mol. The highest BCUT2D eigenvalue weighted by molar-refractivity contribution is 6.30. The summed E-state index contributed by atoms with van der Waals surface area (Å²) in [7, 11) is 0. The van der Waals surface area contributed by atoms with Gasteiger partial charge in [0.25, 0.3) is 0 Å². The molecular formula is C21H22ClN7O3. The summed E-state index contributed by atoms with van der Waals surface area (Å²) in [6.45, 7) is 4.17. The zero-order valence-electron chi connectivity index (χ0n) is 17.4. The molecule has 166 valence electrons. The van der Waals surface area contributed by atoms with Crippen LogP contribution in [0.5, 0.6) is 5.88 Å². The molecule has 0 saturated carbocycles. The molecule has 10 nitrogen and oxygen atoms in total. The second kappa shape index (κ2) is 8.48. The number of hydrogen-bond donors (Lipinski definition) is 5. The van der Waals surface area contributed by atoms with E-state index in [0.717, 1.165) is 5.69 Å². The van der Waals surface area contributed by atoms with Crippen LogP contribution in [0, 0.1) is 5.41 Å². The van der Waals surface area contributed by atoms with Gasteiger partial charge in [0.1, 0.15) is 11.5 Å². The molecule has 5 N–H and O–H groups in total. The maximum Gasteiger partial charge on any atom is 0.326 e. The molecule has 11 heteroatoms. The molecule has 3 aromatic heterocycles. The number of aromatic hydroxyl groups is 1. The van der Waals surface area contributed by atoms with Gasteiger partial charge in [0.05, 0.1) is 6.20 Å². The molecule has 0 bridgehead atoms. The van der Waals surface area contributed by atoms with Gasteiger partial charge in [-0.05, 0) is 24.3 Å². The lowest BCUT2D eigenvalue weighted by atomic mass is 9.95. The van der Waals surface area contributed by atoms with E-state index >= 15 is 0 Å². The van der Waals surface area contributed by atoms with E-state index in [9.17, 15) is 15.0 Å². The number of benzene rings is 1. The lowest BCUT2D eigenvalue weighted by molar-refractivity contribution is 0.166. The standard InChI is InChI=1S/C21H22ClN7O3/c1-21(2,11-30)10-23-17-8-16(25-14-5-3-4-13(22)7-14)27-18-12(9-24-29(17)18)6-15-19(31)28-20(32)26-15/h3-9,25,30-31H,10-11H2,1-2H3,(H2,26,28,32)/b12-6+,23-17?. The van der Waals surface area contributed by atoms with Gasteiger partial charge in [0.15, 0.2) is 11.1 Å². The third-order valence-corrected chi connectivity index (χ3v) is 4.94. The number of aromatic amines is 2.